The molecule has 0 bridgehead atoms. The number of alkyl halides is 3. The summed E-state index contributed by atoms with van der Waals surface area (Å²) in [5.74, 6) is -6.57. The highest BCUT2D eigenvalue weighted by molar-refractivity contribution is 6.74. The standard InChI is InChI=1S/C29H37F5N2O4Si/c1-16-22(25(39-28(16,5)29(32,33)34)26(37)36-17-9-8-12-35-15-17)20-10-11-21(30)23(31)24(20)38-18-13-19(14-18)40-41(6,7)27(2,3)4/h8-12,15-16,18-19,22,25H,13-14H2,1-7H3,(H,36,37)/t16-,18?,19?,22-,25+,28+/m0/s1. The molecule has 4 atom stereocenters. The van der Waals surface area contributed by atoms with E-state index in [-0.39, 0.29) is 22.4 Å². The molecule has 226 valence electrons. The van der Waals surface area contributed by atoms with Crippen LogP contribution in [0.25, 0.3) is 0 Å². The minimum atomic E-state index is -4.85. The summed E-state index contributed by atoms with van der Waals surface area (Å²) in [7, 11) is -2.07. The molecule has 4 rings (SSSR count). The van der Waals surface area contributed by atoms with Crippen LogP contribution < -0.4 is 10.1 Å². The Morgan fingerprint density at radius 1 is 1.12 bits per heavy atom. The minimum Gasteiger partial charge on any atom is -0.487 e. The minimum absolute atomic E-state index is 0.0179. The molecule has 41 heavy (non-hydrogen) atoms. The largest absolute Gasteiger partial charge is 0.487 e. The van der Waals surface area contributed by atoms with Crippen molar-refractivity contribution >= 4 is 19.9 Å². The average Bonchev–Trinajstić information content (AvgIpc) is 3.12. The summed E-state index contributed by atoms with van der Waals surface area (Å²) in [6.07, 6.45) is -3.54. The van der Waals surface area contributed by atoms with Crippen LogP contribution in [-0.2, 0) is 14.0 Å². The summed E-state index contributed by atoms with van der Waals surface area (Å²) in [6.45, 7) is 12.7. The number of pyridine rings is 1. The number of aromatic nitrogens is 1. The van der Waals surface area contributed by atoms with Crippen LogP contribution in [0.1, 0.15) is 58.9 Å². The number of amides is 1. The molecule has 1 saturated heterocycles. The molecule has 12 heteroatoms. The number of rotatable bonds is 7. The molecule has 1 saturated carbocycles. The van der Waals surface area contributed by atoms with Crippen LogP contribution in [0, 0.1) is 17.6 Å². The van der Waals surface area contributed by atoms with E-state index in [0.717, 1.165) is 13.0 Å². The zero-order chi connectivity index (χ0) is 30.5. The smallest absolute Gasteiger partial charge is 0.417 e. The molecule has 1 amide bonds. The van der Waals surface area contributed by atoms with Gasteiger partial charge in [-0.15, -0.1) is 0 Å². The van der Waals surface area contributed by atoms with Crippen molar-refractivity contribution in [3.8, 4) is 5.75 Å². The third-order valence-electron chi connectivity index (χ3n) is 8.90. The van der Waals surface area contributed by atoms with Gasteiger partial charge in [0.25, 0.3) is 5.91 Å². The van der Waals surface area contributed by atoms with Crippen molar-refractivity contribution in [2.45, 2.75) is 102 Å². The summed E-state index contributed by atoms with van der Waals surface area (Å²) in [6, 6.07) is 5.07. The van der Waals surface area contributed by atoms with Crippen molar-refractivity contribution in [3.63, 3.8) is 0 Å². The van der Waals surface area contributed by atoms with Gasteiger partial charge in [-0.3, -0.25) is 9.78 Å². The lowest BCUT2D eigenvalue weighted by molar-refractivity contribution is -0.272. The van der Waals surface area contributed by atoms with Crippen molar-refractivity contribution in [1.29, 1.82) is 0 Å². The van der Waals surface area contributed by atoms with Crippen molar-refractivity contribution in [2.24, 2.45) is 5.92 Å². The second kappa shape index (κ2) is 10.9. The molecule has 2 aromatic rings. The summed E-state index contributed by atoms with van der Waals surface area (Å²) >= 11 is 0. The first-order chi connectivity index (χ1) is 18.9. The number of anilines is 1. The molecule has 1 aromatic carbocycles. The Morgan fingerprint density at radius 3 is 2.34 bits per heavy atom. The fraction of sp³-hybridized carbons (Fsp3) is 0.586. The third kappa shape index (κ3) is 6.01. The van der Waals surface area contributed by atoms with E-state index in [9.17, 15) is 22.4 Å². The predicted octanol–water partition coefficient (Wildman–Crippen LogP) is 7.37. The van der Waals surface area contributed by atoms with Crippen molar-refractivity contribution < 1.29 is 40.6 Å². The Kier molecular flexibility index (Phi) is 8.36. The maximum absolute atomic E-state index is 15.3. The molecular formula is C29H37F5N2O4Si. The van der Waals surface area contributed by atoms with E-state index in [4.69, 9.17) is 13.9 Å². The van der Waals surface area contributed by atoms with Crippen LogP contribution in [0.2, 0.25) is 18.1 Å². The maximum Gasteiger partial charge on any atom is 0.417 e. The molecule has 6 nitrogen and oxygen atoms in total. The van der Waals surface area contributed by atoms with Crippen LogP contribution >= 0.6 is 0 Å². The Balaban J connectivity index is 1.65. The lowest BCUT2D eigenvalue weighted by Crippen LogP contribution is -2.50. The topological polar surface area (TPSA) is 69.7 Å². The van der Waals surface area contributed by atoms with Gasteiger partial charge in [0.2, 0.25) is 5.82 Å². The van der Waals surface area contributed by atoms with Gasteiger partial charge >= 0.3 is 6.18 Å². The number of nitrogens with one attached hydrogen (secondary N) is 1. The molecule has 0 unspecified atom stereocenters. The van der Waals surface area contributed by atoms with E-state index >= 15 is 4.39 Å². The Bertz CT molecular complexity index is 1260. The molecule has 1 aliphatic heterocycles. The van der Waals surface area contributed by atoms with Crippen LogP contribution in [0.5, 0.6) is 5.75 Å². The number of hydrogen-bond donors (Lipinski definition) is 1. The van der Waals surface area contributed by atoms with Crippen LogP contribution in [0.15, 0.2) is 36.7 Å². The number of nitrogens with zero attached hydrogens (tertiary/aromatic N) is 1. The molecule has 2 heterocycles. The van der Waals surface area contributed by atoms with E-state index in [1.807, 2.05) is 0 Å². The first kappa shape index (κ1) is 31.4. The average molecular weight is 601 g/mol. The van der Waals surface area contributed by atoms with E-state index < -0.39 is 67.4 Å². The lowest BCUT2D eigenvalue weighted by Gasteiger charge is -2.44. The van der Waals surface area contributed by atoms with Gasteiger partial charge in [0.05, 0.1) is 18.0 Å². The fourth-order valence-corrected chi connectivity index (χ4v) is 6.45. The fourth-order valence-electron chi connectivity index (χ4n) is 5.07. The third-order valence-corrected chi connectivity index (χ3v) is 13.4. The van der Waals surface area contributed by atoms with Gasteiger partial charge in [0.15, 0.2) is 25.5 Å². The van der Waals surface area contributed by atoms with E-state index in [1.165, 1.54) is 31.5 Å². The summed E-state index contributed by atoms with van der Waals surface area (Å²) in [5.41, 5.74) is -2.56. The molecule has 2 aliphatic rings. The second-order valence-electron chi connectivity index (χ2n) is 12.7. The highest BCUT2D eigenvalue weighted by atomic mass is 28.4. The maximum atomic E-state index is 15.3. The van der Waals surface area contributed by atoms with Gasteiger partial charge < -0.3 is 19.2 Å². The van der Waals surface area contributed by atoms with Crippen LogP contribution in [0.4, 0.5) is 27.6 Å². The van der Waals surface area contributed by atoms with Crippen LogP contribution in [-0.4, -0.2) is 49.3 Å². The molecule has 2 fully saturated rings. The van der Waals surface area contributed by atoms with Gasteiger partial charge in [-0.1, -0.05) is 33.8 Å². The summed E-state index contributed by atoms with van der Waals surface area (Å²) < 4.78 is 90.4. The normalized spacial score (nSPS) is 28.7. The van der Waals surface area contributed by atoms with Gasteiger partial charge in [-0.2, -0.15) is 17.6 Å². The van der Waals surface area contributed by atoms with Crippen LogP contribution in [0.3, 0.4) is 0 Å². The zero-order valence-corrected chi connectivity index (χ0v) is 25.2. The molecule has 1 aliphatic carbocycles. The predicted molar refractivity (Wildman–Crippen MR) is 146 cm³/mol. The molecule has 1 aromatic heterocycles. The second-order valence-corrected chi connectivity index (χ2v) is 17.4. The number of benzene rings is 1. The van der Waals surface area contributed by atoms with Gasteiger partial charge in [0.1, 0.15) is 12.2 Å². The number of carbonyl (C=O) groups excluding carboxylic acids is 1. The monoisotopic (exact) mass is 600 g/mol. The Labute approximate surface area is 238 Å². The van der Waals surface area contributed by atoms with Crippen molar-refractivity contribution in [3.05, 3.63) is 53.9 Å². The SMILES string of the molecule is C[C@H]1[C@@H](c2ccc(F)c(F)c2OC2CC(O[Si](C)(C)C(C)(C)C)C2)[C@H](C(=O)Nc2cccnc2)O[C@@]1(C)C(F)(F)F. The number of carbonyl (C=O) groups is 1. The molecule has 1 N–H and O–H groups in total. The quantitative estimate of drug-likeness (QED) is 0.266. The molecule has 0 radical (unpaired) electrons. The van der Waals surface area contributed by atoms with E-state index in [1.54, 1.807) is 6.07 Å². The highest BCUT2D eigenvalue weighted by Crippen LogP contribution is 2.55. The summed E-state index contributed by atoms with van der Waals surface area (Å²) in [4.78, 5) is 17.2. The molecule has 0 spiro atoms. The number of ether oxygens (including phenoxy) is 2. The first-order valence-corrected chi connectivity index (χ1v) is 16.5. The van der Waals surface area contributed by atoms with Crippen molar-refractivity contribution in [2.75, 3.05) is 5.32 Å². The zero-order valence-electron chi connectivity index (χ0n) is 24.2. The van der Waals surface area contributed by atoms with Gasteiger partial charge in [-0.25, -0.2) is 4.39 Å². The van der Waals surface area contributed by atoms with Gasteiger partial charge in [-0.05, 0) is 43.3 Å². The Hall–Kier alpha value is -2.57. The number of halogens is 5. The Morgan fingerprint density at radius 2 is 1.78 bits per heavy atom. The van der Waals surface area contributed by atoms with E-state index in [0.29, 0.717) is 12.8 Å². The molecular weight excluding hydrogens is 563 g/mol. The number of hydrogen-bond acceptors (Lipinski definition) is 5. The van der Waals surface area contributed by atoms with Gasteiger partial charge in [0, 0.05) is 36.4 Å². The lowest BCUT2D eigenvalue weighted by atomic mass is 9.76. The van der Waals surface area contributed by atoms with Crippen molar-refractivity contribution in [1.82, 2.24) is 4.98 Å². The first-order valence-electron chi connectivity index (χ1n) is 13.6. The summed E-state index contributed by atoms with van der Waals surface area (Å²) in [5, 5.41) is 2.51. The van der Waals surface area contributed by atoms with E-state index in [2.05, 4.69) is 44.2 Å². The highest BCUT2D eigenvalue weighted by Gasteiger charge is 2.66.